The van der Waals surface area contributed by atoms with E-state index in [1.165, 1.54) is 0 Å². The lowest BCUT2D eigenvalue weighted by Crippen LogP contribution is -2.35. The third kappa shape index (κ3) is 5.36. The Bertz CT molecular complexity index is 1450. The third-order valence-electron chi connectivity index (χ3n) is 6.67. The fourth-order valence-electron chi connectivity index (χ4n) is 4.63. The molecule has 3 aromatic carbocycles. The summed E-state index contributed by atoms with van der Waals surface area (Å²) in [7, 11) is 0. The van der Waals surface area contributed by atoms with E-state index < -0.39 is 12.0 Å². The van der Waals surface area contributed by atoms with Crippen LogP contribution >= 0.6 is 0 Å². The normalized spacial score (nSPS) is 15.1. The lowest BCUT2D eigenvalue weighted by atomic mass is 9.98. The molecular weight excluding hydrogens is 480 g/mol. The van der Waals surface area contributed by atoms with Crippen molar-refractivity contribution in [2.45, 2.75) is 45.2 Å². The van der Waals surface area contributed by atoms with Gasteiger partial charge in [0.25, 0.3) is 5.91 Å². The number of carboxylic acids is 1. The number of unbranched alkanes of at least 4 members (excludes halogenated alkanes) is 1. The van der Waals surface area contributed by atoms with Crippen molar-refractivity contribution in [3.8, 4) is 22.5 Å². The first-order chi connectivity index (χ1) is 18.5. The highest BCUT2D eigenvalue weighted by atomic mass is 16.4. The number of tetrazole rings is 1. The molecule has 0 saturated carbocycles. The maximum absolute atomic E-state index is 13.4. The average Bonchev–Trinajstić information content (AvgIpc) is 3.58. The molecule has 192 valence electrons. The Kier molecular flexibility index (Phi) is 7.35. The van der Waals surface area contributed by atoms with Crippen molar-refractivity contribution in [2.75, 3.05) is 0 Å². The second-order valence-electron chi connectivity index (χ2n) is 9.27. The van der Waals surface area contributed by atoms with Crippen molar-refractivity contribution in [3.05, 3.63) is 89.5 Å². The van der Waals surface area contributed by atoms with Gasteiger partial charge in [-0.25, -0.2) is 4.79 Å². The highest BCUT2D eigenvalue weighted by Gasteiger charge is 2.34. The molecule has 1 aliphatic heterocycles. The number of nitrogens with one attached hydrogen (secondary N) is 1. The van der Waals surface area contributed by atoms with E-state index in [9.17, 15) is 9.59 Å². The molecule has 0 fully saturated rings. The largest absolute Gasteiger partial charge is 0.478 e. The summed E-state index contributed by atoms with van der Waals surface area (Å²) in [5.74, 6) is 0.358. The second-order valence-corrected chi connectivity index (χ2v) is 9.27. The fourth-order valence-corrected chi connectivity index (χ4v) is 4.63. The summed E-state index contributed by atoms with van der Waals surface area (Å²) < 4.78 is 0. The summed E-state index contributed by atoms with van der Waals surface area (Å²) in [5.41, 5.74) is 5.02. The SMILES string of the molecule is CCCCC1=NC(Cc2ccc(C(=O)O)cc2)C(=O)N1Cc1ccc(-c2ccccc2-c2nn[nH]n2)cc1. The predicted molar refractivity (Wildman–Crippen MR) is 143 cm³/mol. The average molecular weight is 509 g/mol. The Hall–Kier alpha value is -4.66. The van der Waals surface area contributed by atoms with E-state index in [1.807, 2.05) is 48.5 Å². The Morgan fingerprint density at radius 3 is 2.34 bits per heavy atom. The second kappa shape index (κ2) is 11.2. The summed E-state index contributed by atoms with van der Waals surface area (Å²) >= 11 is 0. The predicted octanol–water partition coefficient (Wildman–Crippen LogP) is 4.77. The van der Waals surface area contributed by atoms with Crippen molar-refractivity contribution in [3.63, 3.8) is 0 Å². The standard InChI is InChI=1S/C29H28N6O3/c1-2-3-8-26-30-25(17-19-9-15-22(16-10-19)29(37)38)28(36)35(26)18-20-11-13-21(14-12-20)23-6-4-5-7-24(23)27-31-33-34-32-27/h4-7,9-16,25H,2-3,8,17-18H2,1H3,(H,37,38)(H,31,32,33,34). The number of carbonyl (C=O) groups excluding carboxylic acids is 1. The zero-order chi connectivity index (χ0) is 26.5. The van der Waals surface area contributed by atoms with Crippen LogP contribution in [0.1, 0.15) is 47.7 Å². The first kappa shape index (κ1) is 25.0. The smallest absolute Gasteiger partial charge is 0.335 e. The van der Waals surface area contributed by atoms with Crippen LogP contribution in [0.5, 0.6) is 0 Å². The van der Waals surface area contributed by atoms with Gasteiger partial charge in [-0.15, -0.1) is 10.2 Å². The summed E-state index contributed by atoms with van der Waals surface area (Å²) in [4.78, 5) is 31.2. The Labute approximate surface area is 220 Å². The van der Waals surface area contributed by atoms with E-state index in [4.69, 9.17) is 10.1 Å². The van der Waals surface area contributed by atoms with E-state index in [-0.39, 0.29) is 11.5 Å². The van der Waals surface area contributed by atoms with Crippen LogP contribution in [0.15, 0.2) is 77.8 Å². The number of hydrogen-bond donors (Lipinski definition) is 2. The molecule has 9 heteroatoms. The number of carboxylic acid groups (broad SMARTS) is 1. The number of aromatic carboxylic acids is 1. The molecule has 9 nitrogen and oxygen atoms in total. The van der Waals surface area contributed by atoms with Gasteiger partial charge in [-0.1, -0.05) is 74.0 Å². The number of aromatic nitrogens is 4. The minimum atomic E-state index is -0.969. The molecule has 1 aromatic heterocycles. The lowest BCUT2D eigenvalue weighted by molar-refractivity contribution is -0.127. The number of amidine groups is 1. The molecule has 38 heavy (non-hydrogen) atoms. The number of amides is 1. The monoisotopic (exact) mass is 508 g/mol. The van der Waals surface area contributed by atoms with E-state index in [0.717, 1.165) is 52.9 Å². The Morgan fingerprint density at radius 2 is 1.68 bits per heavy atom. The van der Waals surface area contributed by atoms with Crippen molar-refractivity contribution in [2.24, 2.45) is 4.99 Å². The molecule has 5 rings (SSSR count). The molecule has 0 spiro atoms. The fraction of sp³-hybridized carbons (Fsp3) is 0.241. The highest BCUT2D eigenvalue weighted by molar-refractivity contribution is 6.06. The summed E-state index contributed by atoms with van der Waals surface area (Å²) in [6.07, 6.45) is 3.15. The maximum Gasteiger partial charge on any atom is 0.335 e. The number of carbonyl (C=O) groups is 2. The molecule has 1 amide bonds. The van der Waals surface area contributed by atoms with Gasteiger partial charge in [-0.3, -0.25) is 14.7 Å². The Morgan fingerprint density at radius 1 is 0.974 bits per heavy atom. The van der Waals surface area contributed by atoms with Crippen LogP contribution in [-0.2, 0) is 17.8 Å². The number of rotatable bonds is 10. The molecule has 4 aromatic rings. The zero-order valence-electron chi connectivity index (χ0n) is 21.0. The number of benzene rings is 3. The molecule has 2 heterocycles. The molecular formula is C29H28N6O3. The minimum absolute atomic E-state index is 0.0232. The van der Waals surface area contributed by atoms with Gasteiger partial charge in [0, 0.05) is 18.4 Å². The maximum atomic E-state index is 13.4. The van der Waals surface area contributed by atoms with Gasteiger partial charge in [0.15, 0.2) is 0 Å². The molecule has 2 N–H and O–H groups in total. The molecule has 1 aliphatic rings. The molecule has 0 saturated heterocycles. The topological polar surface area (TPSA) is 124 Å². The van der Waals surface area contributed by atoms with Crippen LogP contribution in [0.4, 0.5) is 0 Å². The molecule has 1 unspecified atom stereocenters. The van der Waals surface area contributed by atoms with Crippen molar-refractivity contribution < 1.29 is 14.7 Å². The quantitative estimate of drug-likeness (QED) is 0.318. The first-order valence-corrected chi connectivity index (χ1v) is 12.7. The van der Waals surface area contributed by atoms with E-state index in [0.29, 0.717) is 18.8 Å². The van der Waals surface area contributed by atoms with Crippen molar-refractivity contribution in [1.29, 1.82) is 0 Å². The third-order valence-corrected chi connectivity index (χ3v) is 6.67. The van der Waals surface area contributed by atoms with Crippen LogP contribution in [-0.4, -0.2) is 54.4 Å². The minimum Gasteiger partial charge on any atom is -0.478 e. The number of aliphatic imine (C=N–C) groups is 1. The van der Waals surface area contributed by atoms with Crippen LogP contribution in [0, 0.1) is 0 Å². The zero-order valence-corrected chi connectivity index (χ0v) is 21.0. The number of nitrogens with zero attached hydrogens (tertiary/aromatic N) is 5. The van der Waals surface area contributed by atoms with Gasteiger partial charge >= 0.3 is 5.97 Å². The summed E-state index contributed by atoms with van der Waals surface area (Å²) in [6, 6.07) is 22.2. The molecule has 0 bridgehead atoms. The van der Waals surface area contributed by atoms with E-state index >= 15 is 0 Å². The van der Waals surface area contributed by atoms with Gasteiger partial charge in [0.05, 0.1) is 12.1 Å². The highest BCUT2D eigenvalue weighted by Crippen LogP contribution is 2.30. The number of hydrogen-bond acceptors (Lipinski definition) is 6. The van der Waals surface area contributed by atoms with Crippen LogP contribution in [0.2, 0.25) is 0 Å². The number of H-pyrrole nitrogens is 1. The molecule has 1 atom stereocenters. The van der Waals surface area contributed by atoms with Crippen LogP contribution in [0.25, 0.3) is 22.5 Å². The molecule has 0 aliphatic carbocycles. The summed E-state index contributed by atoms with van der Waals surface area (Å²) in [5, 5.41) is 23.6. The lowest BCUT2D eigenvalue weighted by Gasteiger charge is -2.20. The van der Waals surface area contributed by atoms with Crippen molar-refractivity contribution in [1.82, 2.24) is 25.5 Å². The number of aromatic amines is 1. The molecule has 0 radical (unpaired) electrons. The van der Waals surface area contributed by atoms with Gasteiger partial charge in [0.2, 0.25) is 5.82 Å². The summed E-state index contributed by atoms with van der Waals surface area (Å²) in [6.45, 7) is 2.57. The van der Waals surface area contributed by atoms with Gasteiger partial charge in [-0.2, -0.15) is 5.21 Å². The Balaban J connectivity index is 1.33. The van der Waals surface area contributed by atoms with E-state index in [1.54, 1.807) is 29.2 Å². The first-order valence-electron chi connectivity index (χ1n) is 12.7. The van der Waals surface area contributed by atoms with Crippen LogP contribution in [0.3, 0.4) is 0 Å². The van der Waals surface area contributed by atoms with Gasteiger partial charge in [0.1, 0.15) is 11.9 Å². The van der Waals surface area contributed by atoms with Crippen LogP contribution < -0.4 is 0 Å². The van der Waals surface area contributed by atoms with E-state index in [2.05, 4.69) is 27.5 Å². The van der Waals surface area contributed by atoms with Gasteiger partial charge < -0.3 is 5.11 Å². The van der Waals surface area contributed by atoms with Gasteiger partial charge in [-0.05, 0) is 46.0 Å². The van der Waals surface area contributed by atoms with Crippen molar-refractivity contribution >= 4 is 17.7 Å².